The van der Waals surface area contributed by atoms with Gasteiger partial charge in [0.25, 0.3) is 5.91 Å². The van der Waals surface area contributed by atoms with Crippen LogP contribution >= 0.6 is 0 Å². The summed E-state index contributed by atoms with van der Waals surface area (Å²) >= 11 is 0. The molecule has 1 fully saturated rings. The third-order valence-corrected chi connectivity index (χ3v) is 7.21. The van der Waals surface area contributed by atoms with Crippen molar-refractivity contribution in [3.05, 3.63) is 96.2 Å². The van der Waals surface area contributed by atoms with E-state index < -0.39 is 0 Å². The van der Waals surface area contributed by atoms with Gasteiger partial charge in [-0.15, -0.1) is 0 Å². The number of fused-ring (bicyclic) bond motifs is 3. The van der Waals surface area contributed by atoms with Crippen LogP contribution in [0.5, 0.6) is 5.75 Å². The molecule has 1 unspecified atom stereocenters. The van der Waals surface area contributed by atoms with E-state index >= 15 is 0 Å². The first-order valence-electron chi connectivity index (χ1n) is 13.2. The highest BCUT2D eigenvalue weighted by Crippen LogP contribution is 2.39. The maximum absolute atomic E-state index is 13.2. The number of anilines is 6. The summed E-state index contributed by atoms with van der Waals surface area (Å²) in [6.07, 6.45) is 1.78. The molecule has 202 valence electrons. The summed E-state index contributed by atoms with van der Waals surface area (Å²) in [6, 6.07) is 25.0. The number of nitrogens with zero attached hydrogens (tertiary/aromatic N) is 3. The molecule has 0 bridgehead atoms. The van der Waals surface area contributed by atoms with Gasteiger partial charge in [-0.1, -0.05) is 30.3 Å². The molecule has 0 saturated carbocycles. The molecular formula is C31H30N6O3. The van der Waals surface area contributed by atoms with Gasteiger partial charge in [-0.2, -0.15) is 0 Å². The average molecular weight is 535 g/mol. The van der Waals surface area contributed by atoms with Gasteiger partial charge in [-0.25, -0.2) is 4.98 Å². The monoisotopic (exact) mass is 534 g/mol. The second-order valence-electron chi connectivity index (χ2n) is 9.89. The first kappa shape index (κ1) is 25.2. The SMILES string of the molecule is CNC(=O)c1ccccc1Nc1cc(Nc2ccc3c(c2)OCC2CN(c4ccccc4)CC(=O)N32)ncc1C. The van der Waals surface area contributed by atoms with Crippen LogP contribution < -0.4 is 30.5 Å². The van der Waals surface area contributed by atoms with Crippen LogP contribution in [0.1, 0.15) is 15.9 Å². The molecule has 2 aliphatic heterocycles. The van der Waals surface area contributed by atoms with Crippen molar-refractivity contribution >= 4 is 46.1 Å². The van der Waals surface area contributed by atoms with E-state index in [2.05, 4.69) is 25.8 Å². The Hall–Kier alpha value is -5.05. The fourth-order valence-electron chi connectivity index (χ4n) is 5.17. The van der Waals surface area contributed by atoms with Crippen molar-refractivity contribution in [2.75, 3.05) is 47.2 Å². The normalized spacial score (nSPS) is 15.9. The lowest BCUT2D eigenvalue weighted by Crippen LogP contribution is -2.60. The summed E-state index contributed by atoms with van der Waals surface area (Å²) in [4.78, 5) is 34.1. The van der Waals surface area contributed by atoms with E-state index in [1.807, 2.05) is 84.6 Å². The molecular weight excluding hydrogens is 504 g/mol. The first-order chi connectivity index (χ1) is 19.5. The molecule has 6 rings (SSSR count). The van der Waals surface area contributed by atoms with Gasteiger partial charge in [-0.3, -0.25) is 14.5 Å². The Balaban J connectivity index is 1.20. The van der Waals surface area contributed by atoms with Crippen LogP contribution in [-0.4, -0.2) is 49.6 Å². The largest absolute Gasteiger partial charge is 0.489 e. The van der Waals surface area contributed by atoms with Crippen molar-refractivity contribution in [2.24, 2.45) is 0 Å². The van der Waals surface area contributed by atoms with Gasteiger partial charge < -0.3 is 25.6 Å². The molecule has 3 aromatic carbocycles. The molecule has 0 spiro atoms. The number of piperazine rings is 1. The minimum absolute atomic E-state index is 0.0540. The van der Waals surface area contributed by atoms with Gasteiger partial charge in [0.05, 0.1) is 29.5 Å². The smallest absolute Gasteiger partial charge is 0.253 e. The predicted molar refractivity (Wildman–Crippen MR) is 157 cm³/mol. The topological polar surface area (TPSA) is 98.8 Å². The number of carbonyl (C=O) groups excluding carboxylic acids is 2. The molecule has 3 N–H and O–H groups in total. The highest BCUT2D eigenvalue weighted by Gasteiger charge is 2.38. The third kappa shape index (κ3) is 4.89. The number of para-hydroxylation sites is 2. The Labute approximate surface area is 232 Å². The maximum Gasteiger partial charge on any atom is 0.253 e. The molecule has 2 amide bonds. The molecule has 1 aromatic heterocycles. The molecule has 4 aromatic rings. The van der Waals surface area contributed by atoms with Crippen LogP contribution in [-0.2, 0) is 4.79 Å². The summed E-state index contributed by atoms with van der Waals surface area (Å²) in [5.41, 5.74) is 5.64. The zero-order chi connectivity index (χ0) is 27.6. The summed E-state index contributed by atoms with van der Waals surface area (Å²) in [5, 5.41) is 9.39. The van der Waals surface area contributed by atoms with E-state index in [1.54, 1.807) is 19.3 Å². The number of pyridine rings is 1. The van der Waals surface area contributed by atoms with Gasteiger partial charge in [0.15, 0.2) is 0 Å². The van der Waals surface area contributed by atoms with Gasteiger partial charge >= 0.3 is 0 Å². The molecule has 2 aliphatic rings. The van der Waals surface area contributed by atoms with Crippen molar-refractivity contribution in [1.82, 2.24) is 10.3 Å². The van der Waals surface area contributed by atoms with Crippen LogP contribution in [0.3, 0.4) is 0 Å². The van der Waals surface area contributed by atoms with Gasteiger partial charge in [0, 0.05) is 49.0 Å². The molecule has 0 aliphatic carbocycles. The fourth-order valence-corrected chi connectivity index (χ4v) is 5.17. The number of nitrogens with one attached hydrogen (secondary N) is 3. The Morgan fingerprint density at radius 2 is 1.77 bits per heavy atom. The number of aromatic nitrogens is 1. The molecule has 9 heteroatoms. The minimum atomic E-state index is -0.163. The second kappa shape index (κ2) is 10.6. The van der Waals surface area contributed by atoms with E-state index in [-0.39, 0.29) is 17.9 Å². The molecule has 40 heavy (non-hydrogen) atoms. The van der Waals surface area contributed by atoms with Gasteiger partial charge in [0.2, 0.25) is 5.91 Å². The zero-order valence-corrected chi connectivity index (χ0v) is 22.3. The molecule has 9 nitrogen and oxygen atoms in total. The van der Waals surface area contributed by atoms with Crippen LogP contribution in [0.2, 0.25) is 0 Å². The summed E-state index contributed by atoms with van der Waals surface area (Å²) in [7, 11) is 1.61. The number of carbonyl (C=O) groups is 2. The number of aryl methyl sites for hydroxylation is 1. The number of rotatable bonds is 6. The lowest BCUT2D eigenvalue weighted by atomic mass is 10.1. The lowest BCUT2D eigenvalue weighted by molar-refractivity contribution is -0.119. The minimum Gasteiger partial charge on any atom is -0.489 e. The first-order valence-corrected chi connectivity index (χ1v) is 13.2. The van der Waals surface area contributed by atoms with Crippen LogP contribution in [0.25, 0.3) is 0 Å². The standard InChI is InChI=1S/C31H30N6O3/c1-20-16-33-29(15-26(20)35-25-11-7-6-10-24(25)31(39)32-2)34-21-12-13-27-28(14-21)40-19-23-17-36(18-30(38)37(23)27)22-8-4-3-5-9-22/h3-16,23H,17-19H2,1-2H3,(H,32,39)(H2,33,34,35). The molecule has 1 atom stereocenters. The highest BCUT2D eigenvalue weighted by molar-refractivity contribution is 6.01. The number of amides is 2. The highest BCUT2D eigenvalue weighted by atomic mass is 16.5. The maximum atomic E-state index is 13.2. The van der Waals surface area contributed by atoms with Crippen molar-refractivity contribution < 1.29 is 14.3 Å². The van der Waals surface area contributed by atoms with Crippen LogP contribution in [0.4, 0.5) is 34.3 Å². The Morgan fingerprint density at radius 1 is 0.975 bits per heavy atom. The van der Waals surface area contributed by atoms with Crippen LogP contribution in [0, 0.1) is 6.92 Å². The Bertz CT molecular complexity index is 1570. The summed E-state index contributed by atoms with van der Waals surface area (Å²) in [6.45, 7) is 3.42. The van der Waals surface area contributed by atoms with Crippen molar-refractivity contribution in [1.29, 1.82) is 0 Å². The summed E-state index contributed by atoms with van der Waals surface area (Å²) in [5.74, 6) is 1.18. The van der Waals surface area contributed by atoms with Crippen molar-refractivity contribution in [2.45, 2.75) is 13.0 Å². The number of hydrogen-bond acceptors (Lipinski definition) is 7. The molecule has 1 saturated heterocycles. The third-order valence-electron chi connectivity index (χ3n) is 7.21. The van der Waals surface area contributed by atoms with Crippen molar-refractivity contribution in [3.63, 3.8) is 0 Å². The van der Waals surface area contributed by atoms with Gasteiger partial charge in [-0.05, 0) is 48.9 Å². The lowest BCUT2D eigenvalue weighted by Gasteiger charge is -2.44. The summed E-state index contributed by atoms with van der Waals surface area (Å²) < 4.78 is 6.14. The average Bonchev–Trinajstić information content (AvgIpc) is 2.99. The fraction of sp³-hybridized carbons (Fsp3) is 0.194. The second-order valence-corrected chi connectivity index (χ2v) is 9.89. The number of benzene rings is 3. The van der Waals surface area contributed by atoms with E-state index in [1.165, 1.54) is 0 Å². The molecule has 0 radical (unpaired) electrons. The number of ether oxygens (including phenoxy) is 1. The van der Waals surface area contributed by atoms with Gasteiger partial charge in [0.1, 0.15) is 18.2 Å². The van der Waals surface area contributed by atoms with E-state index in [0.29, 0.717) is 42.5 Å². The Morgan fingerprint density at radius 3 is 2.60 bits per heavy atom. The van der Waals surface area contributed by atoms with E-state index in [4.69, 9.17) is 4.74 Å². The predicted octanol–water partition coefficient (Wildman–Crippen LogP) is 4.85. The van der Waals surface area contributed by atoms with E-state index in [0.717, 1.165) is 28.3 Å². The Kier molecular flexibility index (Phi) is 6.69. The zero-order valence-electron chi connectivity index (χ0n) is 22.3. The van der Waals surface area contributed by atoms with Crippen molar-refractivity contribution in [3.8, 4) is 5.75 Å². The number of hydrogen-bond donors (Lipinski definition) is 3. The van der Waals surface area contributed by atoms with E-state index in [9.17, 15) is 9.59 Å². The van der Waals surface area contributed by atoms with Crippen LogP contribution in [0.15, 0.2) is 85.1 Å². The molecule has 3 heterocycles. The quantitative estimate of drug-likeness (QED) is 0.325.